The molecule has 0 saturated carbocycles. The molecule has 1 amide bonds. The van der Waals surface area contributed by atoms with Crippen molar-refractivity contribution in [2.45, 2.75) is 6.92 Å². The molecule has 0 aliphatic rings. The van der Waals surface area contributed by atoms with Crippen LogP contribution in [0.1, 0.15) is 15.9 Å². The molecule has 3 nitrogen and oxygen atoms in total. The summed E-state index contributed by atoms with van der Waals surface area (Å²) >= 11 is 1.26. The van der Waals surface area contributed by atoms with Crippen LogP contribution in [-0.2, 0) is 0 Å². The summed E-state index contributed by atoms with van der Waals surface area (Å²) in [6.45, 7) is 1.97. The standard InChI is InChI=1S/C10H12N2OS/c1-7-3-5-8(6-4-7)9(13)12-10(11)14-2/h3-6H,1-2H3,(H2,11,12,13). The van der Waals surface area contributed by atoms with E-state index in [0.29, 0.717) is 5.56 Å². The molecular formula is C10H12N2OS. The normalized spacial score (nSPS) is 11.4. The van der Waals surface area contributed by atoms with E-state index >= 15 is 0 Å². The zero-order chi connectivity index (χ0) is 10.6. The molecule has 1 aromatic carbocycles. The molecule has 0 aliphatic heterocycles. The van der Waals surface area contributed by atoms with Crippen LogP contribution in [0.3, 0.4) is 0 Å². The van der Waals surface area contributed by atoms with E-state index in [4.69, 9.17) is 5.73 Å². The van der Waals surface area contributed by atoms with Crippen molar-refractivity contribution in [2.75, 3.05) is 6.26 Å². The van der Waals surface area contributed by atoms with Gasteiger partial charge in [-0.2, -0.15) is 4.99 Å². The number of amidine groups is 1. The Hall–Kier alpha value is -1.29. The number of rotatable bonds is 1. The molecule has 74 valence electrons. The van der Waals surface area contributed by atoms with E-state index in [9.17, 15) is 4.79 Å². The predicted octanol–water partition coefficient (Wildman–Crippen LogP) is 1.81. The third-order valence-corrected chi connectivity index (χ3v) is 2.23. The van der Waals surface area contributed by atoms with Crippen LogP contribution in [0.2, 0.25) is 0 Å². The van der Waals surface area contributed by atoms with Gasteiger partial charge in [0.15, 0.2) is 5.17 Å². The second-order valence-corrected chi connectivity index (χ2v) is 3.65. The number of nitrogens with zero attached hydrogens (tertiary/aromatic N) is 1. The highest BCUT2D eigenvalue weighted by molar-refractivity contribution is 8.13. The minimum absolute atomic E-state index is 0.288. The van der Waals surface area contributed by atoms with Gasteiger partial charge < -0.3 is 5.73 Å². The van der Waals surface area contributed by atoms with Gasteiger partial charge in [0.05, 0.1) is 0 Å². The van der Waals surface area contributed by atoms with Crippen molar-refractivity contribution in [1.82, 2.24) is 0 Å². The average molecular weight is 208 g/mol. The van der Waals surface area contributed by atoms with Crippen LogP contribution in [0, 0.1) is 6.92 Å². The lowest BCUT2D eigenvalue weighted by atomic mass is 10.1. The summed E-state index contributed by atoms with van der Waals surface area (Å²) in [5.41, 5.74) is 7.11. The average Bonchev–Trinajstić information content (AvgIpc) is 2.18. The number of benzene rings is 1. The molecule has 4 heteroatoms. The first kappa shape index (κ1) is 10.8. The van der Waals surface area contributed by atoms with Gasteiger partial charge in [-0.1, -0.05) is 29.5 Å². The van der Waals surface area contributed by atoms with Gasteiger partial charge in [0, 0.05) is 5.56 Å². The lowest BCUT2D eigenvalue weighted by Crippen LogP contribution is -2.09. The number of aryl methyl sites for hydroxylation is 1. The summed E-state index contributed by atoms with van der Waals surface area (Å²) in [4.78, 5) is 15.2. The SMILES string of the molecule is CSC(N)=NC(=O)c1ccc(C)cc1. The molecule has 0 unspecified atom stereocenters. The van der Waals surface area contributed by atoms with Gasteiger partial charge in [0.25, 0.3) is 5.91 Å². The predicted molar refractivity (Wildman–Crippen MR) is 60.6 cm³/mol. The number of amides is 1. The molecule has 1 rings (SSSR count). The minimum atomic E-state index is -0.295. The van der Waals surface area contributed by atoms with Gasteiger partial charge in [-0.25, -0.2) is 0 Å². The Morgan fingerprint density at radius 2 is 1.93 bits per heavy atom. The maximum absolute atomic E-state index is 11.4. The Bertz CT molecular complexity index is 357. The quantitative estimate of drug-likeness (QED) is 0.565. The molecule has 0 radical (unpaired) electrons. The number of hydrogen-bond donors (Lipinski definition) is 1. The number of carbonyl (C=O) groups excluding carboxylic acids is 1. The molecule has 2 N–H and O–H groups in total. The number of nitrogens with two attached hydrogens (primary N) is 1. The Labute approximate surface area is 87.4 Å². The maximum atomic E-state index is 11.4. The Balaban J connectivity index is 2.85. The van der Waals surface area contributed by atoms with Crippen molar-refractivity contribution < 1.29 is 4.79 Å². The highest BCUT2D eigenvalue weighted by Crippen LogP contribution is 2.05. The lowest BCUT2D eigenvalue weighted by Gasteiger charge is -1.97. The van der Waals surface area contributed by atoms with E-state index in [2.05, 4.69) is 4.99 Å². The first-order valence-electron chi connectivity index (χ1n) is 4.12. The van der Waals surface area contributed by atoms with Gasteiger partial charge >= 0.3 is 0 Å². The molecule has 0 aromatic heterocycles. The lowest BCUT2D eigenvalue weighted by molar-refractivity contribution is 0.100. The topological polar surface area (TPSA) is 55.4 Å². The van der Waals surface area contributed by atoms with Crippen LogP contribution in [-0.4, -0.2) is 17.3 Å². The number of carbonyl (C=O) groups is 1. The molecule has 0 atom stereocenters. The zero-order valence-corrected chi connectivity index (χ0v) is 8.97. The minimum Gasteiger partial charge on any atom is -0.378 e. The summed E-state index contributed by atoms with van der Waals surface area (Å²) < 4.78 is 0. The summed E-state index contributed by atoms with van der Waals surface area (Å²) in [7, 11) is 0. The Morgan fingerprint density at radius 1 is 1.36 bits per heavy atom. The van der Waals surface area contributed by atoms with Gasteiger partial charge in [-0.3, -0.25) is 4.79 Å². The maximum Gasteiger partial charge on any atom is 0.279 e. The summed E-state index contributed by atoms with van der Waals surface area (Å²) in [5, 5.41) is 0.288. The highest BCUT2D eigenvalue weighted by Gasteiger charge is 2.03. The van der Waals surface area contributed by atoms with Crippen molar-refractivity contribution >= 4 is 22.8 Å². The molecule has 0 spiro atoms. The van der Waals surface area contributed by atoms with Crippen molar-refractivity contribution in [2.24, 2.45) is 10.7 Å². The number of hydrogen-bond acceptors (Lipinski definition) is 2. The first-order valence-corrected chi connectivity index (χ1v) is 5.35. The molecule has 0 heterocycles. The smallest absolute Gasteiger partial charge is 0.279 e. The monoisotopic (exact) mass is 208 g/mol. The van der Waals surface area contributed by atoms with E-state index in [1.165, 1.54) is 11.8 Å². The van der Waals surface area contributed by atoms with Crippen molar-refractivity contribution in [1.29, 1.82) is 0 Å². The van der Waals surface area contributed by atoms with E-state index in [0.717, 1.165) is 5.56 Å². The van der Waals surface area contributed by atoms with Crippen LogP contribution in [0.15, 0.2) is 29.3 Å². The fourth-order valence-corrected chi connectivity index (χ4v) is 1.08. The first-order chi connectivity index (χ1) is 6.63. The molecule has 0 saturated heterocycles. The molecule has 0 fully saturated rings. The third kappa shape index (κ3) is 2.88. The van der Waals surface area contributed by atoms with Crippen LogP contribution in [0.4, 0.5) is 0 Å². The number of aliphatic imine (C=N–C) groups is 1. The molecule has 14 heavy (non-hydrogen) atoms. The van der Waals surface area contributed by atoms with Gasteiger partial charge in [0.1, 0.15) is 0 Å². The van der Waals surface area contributed by atoms with E-state index in [-0.39, 0.29) is 11.1 Å². The Kier molecular flexibility index (Phi) is 3.71. The second-order valence-electron chi connectivity index (χ2n) is 2.83. The molecule has 0 aliphatic carbocycles. The van der Waals surface area contributed by atoms with Crippen LogP contribution < -0.4 is 5.73 Å². The number of thioether (sulfide) groups is 1. The van der Waals surface area contributed by atoms with Crippen LogP contribution >= 0.6 is 11.8 Å². The van der Waals surface area contributed by atoms with Crippen LogP contribution in [0.5, 0.6) is 0 Å². The third-order valence-electron chi connectivity index (χ3n) is 1.72. The highest BCUT2D eigenvalue weighted by atomic mass is 32.2. The largest absolute Gasteiger partial charge is 0.378 e. The molecule has 1 aromatic rings. The fourth-order valence-electron chi connectivity index (χ4n) is 0.906. The summed E-state index contributed by atoms with van der Waals surface area (Å²) in [6, 6.07) is 7.24. The zero-order valence-electron chi connectivity index (χ0n) is 8.15. The van der Waals surface area contributed by atoms with Gasteiger partial charge in [-0.15, -0.1) is 0 Å². The Morgan fingerprint density at radius 3 is 2.43 bits per heavy atom. The molecule has 0 bridgehead atoms. The van der Waals surface area contributed by atoms with E-state index < -0.39 is 0 Å². The van der Waals surface area contributed by atoms with Crippen LogP contribution in [0.25, 0.3) is 0 Å². The van der Waals surface area contributed by atoms with E-state index in [1.54, 1.807) is 18.4 Å². The fraction of sp³-hybridized carbons (Fsp3) is 0.200. The van der Waals surface area contributed by atoms with Crippen molar-refractivity contribution in [3.05, 3.63) is 35.4 Å². The van der Waals surface area contributed by atoms with Crippen molar-refractivity contribution in [3.63, 3.8) is 0 Å². The van der Waals surface area contributed by atoms with Gasteiger partial charge in [0.2, 0.25) is 0 Å². The summed E-state index contributed by atoms with van der Waals surface area (Å²) in [6.07, 6.45) is 1.78. The van der Waals surface area contributed by atoms with Gasteiger partial charge in [-0.05, 0) is 25.3 Å². The summed E-state index contributed by atoms with van der Waals surface area (Å²) in [5.74, 6) is -0.295. The second kappa shape index (κ2) is 4.81. The molecular weight excluding hydrogens is 196 g/mol. The van der Waals surface area contributed by atoms with Crippen molar-refractivity contribution in [3.8, 4) is 0 Å². The van der Waals surface area contributed by atoms with E-state index in [1.807, 2.05) is 19.1 Å².